The first-order valence-electron chi connectivity index (χ1n) is 3.15. The van der Waals surface area contributed by atoms with Crippen molar-refractivity contribution >= 4 is 22.6 Å². The maximum Gasteiger partial charge on any atom is 0.264 e. The van der Waals surface area contributed by atoms with Crippen LogP contribution in [0.15, 0.2) is 18.2 Å². The van der Waals surface area contributed by atoms with Crippen LogP contribution in [0.4, 0.5) is 8.78 Å². The summed E-state index contributed by atoms with van der Waals surface area (Å²) >= 11 is 1.91. The van der Waals surface area contributed by atoms with Gasteiger partial charge in [0.2, 0.25) is 0 Å². The Labute approximate surface area is 77.8 Å². The highest BCUT2D eigenvalue weighted by Gasteiger charge is 2.10. The third kappa shape index (κ3) is 2.12. The minimum Gasteiger partial charge on any atom is -0.205 e. The number of halogens is 3. The molecule has 0 spiro atoms. The molecule has 1 aromatic carbocycles. The van der Waals surface area contributed by atoms with Gasteiger partial charge in [0.15, 0.2) is 0 Å². The summed E-state index contributed by atoms with van der Waals surface area (Å²) in [5.41, 5.74) is 1.01. The van der Waals surface area contributed by atoms with Crippen LogP contribution < -0.4 is 0 Å². The highest BCUT2D eigenvalue weighted by molar-refractivity contribution is 14.1. The molecule has 0 nitrogen and oxygen atoms in total. The lowest BCUT2D eigenvalue weighted by molar-refractivity contribution is 0.150. The molecule has 1 aromatic rings. The molecular formula is C8H7F2I. The van der Waals surface area contributed by atoms with Crippen molar-refractivity contribution in [3.63, 3.8) is 0 Å². The molecule has 0 unspecified atom stereocenters. The number of alkyl halides is 2. The molecule has 0 fully saturated rings. The van der Waals surface area contributed by atoms with Crippen LogP contribution in [0.2, 0.25) is 0 Å². The van der Waals surface area contributed by atoms with E-state index in [4.69, 9.17) is 0 Å². The van der Waals surface area contributed by atoms with Crippen molar-refractivity contribution < 1.29 is 8.78 Å². The van der Waals surface area contributed by atoms with E-state index in [1.165, 1.54) is 6.07 Å². The molecule has 1 rings (SSSR count). The Kier molecular flexibility index (Phi) is 2.81. The maximum absolute atomic E-state index is 12.2. The average Bonchev–Trinajstić information content (AvgIpc) is 1.94. The smallest absolute Gasteiger partial charge is 0.205 e. The normalized spacial score (nSPS) is 10.6. The number of benzene rings is 1. The molecule has 0 atom stereocenters. The Morgan fingerprint density at radius 1 is 1.36 bits per heavy atom. The molecule has 3 heteroatoms. The zero-order valence-electron chi connectivity index (χ0n) is 5.94. The van der Waals surface area contributed by atoms with E-state index in [1.807, 2.05) is 35.6 Å². The second-order valence-electron chi connectivity index (χ2n) is 2.33. The molecule has 60 valence electrons. The molecule has 0 aromatic heterocycles. The summed E-state index contributed by atoms with van der Waals surface area (Å²) in [7, 11) is 0. The number of aryl methyl sites for hydroxylation is 1. The molecule has 0 saturated heterocycles. The largest absolute Gasteiger partial charge is 0.264 e. The van der Waals surface area contributed by atoms with Crippen LogP contribution in [0.1, 0.15) is 17.6 Å². The van der Waals surface area contributed by atoms with Crippen molar-refractivity contribution in [1.29, 1.82) is 0 Å². The molecular weight excluding hydrogens is 261 g/mol. The van der Waals surface area contributed by atoms with E-state index in [9.17, 15) is 8.78 Å². The van der Waals surface area contributed by atoms with Crippen molar-refractivity contribution in [1.82, 2.24) is 0 Å². The standard InChI is InChI=1S/C8H7F2I/c1-5-2-3-7(11)6(4-5)8(9)10/h2-4,8H,1H3. The summed E-state index contributed by atoms with van der Waals surface area (Å²) in [6.07, 6.45) is -2.36. The molecule has 0 radical (unpaired) electrons. The third-order valence-electron chi connectivity index (χ3n) is 1.39. The molecule has 0 saturated carbocycles. The predicted molar refractivity (Wildman–Crippen MR) is 48.9 cm³/mol. The first kappa shape index (κ1) is 8.90. The van der Waals surface area contributed by atoms with Gasteiger partial charge in [-0.1, -0.05) is 11.6 Å². The van der Waals surface area contributed by atoms with Gasteiger partial charge in [0.25, 0.3) is 6.43 Å². The highest BCUT2D eigenvalue weighted by Crippen LogP contribution is 2.24. The zero-order valence-corrected chi connectivity index (χ0v) is 8.10. The molecule has 0 bridgehead atoms. The van der Waals surface area contributed by atoms with E-state index >= 15 is 0 Å². The Bertz CT molecular complexity index is 258. The van der Waals surface area contributed by atoms with E-state index in [2.05, 4.69) is 0 Å². The van der Waals surface area contributed by atoms with Gasteiger partial charge in [-0.2, -0.15) is 0 Å². The maximum atomic E-state index is 12.2. The van der Waals surface area contributed by atoms with Gasteiger partial charge in [0.1, 0.15) is 0 Å². The van der Waals surface area contributed by atoms with Gasteiger partial charge in [0, 0.05) is 9.13 Å². The second kappa shape index (κ2) is 3.47. The summed E-state index contributed by atoms with van der Waals surface area (Å²) in [6.45, 7) is 1.81. The molecule has 0 amide bonds. The summed E-state index contributed by atoms with van der Waals surface area (Å²) in [5.74, 6) is 0. The van der Waals surface area contributed by atoms with Crippen LogP contribution in [0.3, 0.4) is 0 Å². The molecule has 0 aliphatic rings. The summed E-state index contributed by atoms with van der Waals surface area (Å²) < 4.78 is 25.0. The summed E-state index contributed by atoms with van der Waals surface area (Å²) in [6, 6.07) is 5.05. The SMILES string of the molecule is Cc1ccc(I)c(C(F)F)c1. The van der Waals surface area contributed by atoms with E-state index < -0.39 is 6.43 Å². The number of hydrogen-bond donors (Lipinski definition) is 0. The number of hydrogen-bond acceptors (Lipinski definition) is 0. The Balaban J connectivity index is 3.13. The molecule has 0 heterocycles. The van der Waals surface area contributed by atoms with Gasteiger partial charge in [-0.05, 0) is 41.6 Å². The lowest BCUT2D eigenvalue weighted by atomic mass is 10.1. The van der Waals surface area contributed by atoms with E-state index in [0.717, 1.165) is 5.56 Å². The Morgan fingerprint density at radius 3 is 2.45 bits per heavy atom. The van der Waals surface area contributed by atoms with Crippen LogP contribution in [-0.4, -0.2) is 0 Å². The average molecular weight is 268 g/mol. The van der Waals surface area contributed by atoms with Crippen molar-refractivity contribution in [2.24, 2.45) is 0 Å². The fraction of sp³-hybridized carbons (Fsp3) is 0.250. The predicted octanol–water partition coefficient (Wildman–Crippen LogP) is 3.54. The quantitative estimate of drug-likeness (QED) is 0.683. The van der Waals surface area contributed by atoms with Gasteiger partial charge in [-0.25, -0.2) is 8.78 Å². The van der Waals surface area contributed by atoms with Crippen molar-refractivity contribution in [3.05, 3.63) is 32.9 Å². The first-order valence-corrected chi connectivity index (χ1v) is 4.23. The highest BCUT2D eigenvalue weighted by atomic mass is 127. The topological polar surface area (TPSA) is 0 Å². The van der Waals surface area contributed by atoms with Gasteiger partial charge in [-0.3, -0.25) is 0 Å². The van der Waals surface area contributed by atoms with Gasteiger partial charge in [-0.15, -0.1) is 0 Å². The van der Waals surface area contributed by atoms with Crippen LogP contribution in [0.5, 0.6) is 0 Å². The lowest BCUT2D eigenvalue weighted by Gasteiger charge is -2.03. The fourth-order valence-electron chi connectivity index (χ4n) is 0.830. The second-order valence-corrected chi connectivity index (χ2v) is 3.49. The summed E-state index contributed by atoms with van der Waals surface area (Å²) in [5, 5.41) is 0. The van der Waals surface area contributed by atoms with E-state index in [-0.39, 0.29) is 5.56 Å². The number of rotatable bonds is 1. The summed E-state index contributed by atoms with van der Waals surface area (Å²) in [4.78, 5) is 0. The Hall–Kier alpha value is -0.190. The molecule has 11 heavy (non-hydrogen) atoms. The van der Waals surface area contributed by atoms with Crippen LogP contribution in [0.25, 0.3) is 0 Å². The van der Waals surface area contributed by atoms with E-state index in [1.54, 1.807) is 6.07 Å². The van der Waals surface area contributed by atoms with Crippen molar-refractivity contribution in [2.45, 2.75) is 13.3 Å². The molecule has 0 N–H and O–H groups in total. The lowest BCUT2D eigenvalue weighted by Crippen LogP contribution is -1.89. The van der Waals surface area contributed by atoms with Crippen LogP contribution in [0, 0.1) is 10.5 Å². The minimum atomic E-state index is -2.36. The molecule has 0 aliphatic heterocycles. The van der Waals surface area contributed by atoms with Crippen molar-refractivity contribution in [3.8, 4) is 0 Å². The molecule has 0 aliphatic carbocycles. The minimum absolute atomic E-state index is 0.130. The van der Waals surface area contributed by atoms with Crippen LogP contribution >= 0.6 is 22.6 Å². The van der Waals surface area contributed by atoms with Gasteiger partial charge >= 0.3 is 0 Å². The Morgan fingerprint density at radius 2 is 2.00 bits per heavy atom. The monoisotopic (exact) mass is 268 g/mol. The first-order chi connectivity index (χ1) is 5.11. The van der Waals surface area contributed by atoms with E-state index in [0.29, 0.717) is 3.57 Å². The van der Waals surface area contributed by atoms with Crippen molar-refractivity contribution in [2.75, 3.05) is 0 Å². The van der Waals surface area contributed by atoms with Gasteiger partial charge < -0.3 is 0 Å². The third-order valence-corrected chi connectivity index (χ3v) is 2.37. The zero-order chi connectivity index (χ0) is 8.43. The van der Waals surface area contributed by atoms with Gasteiger partial charge in [0.05, 0.1) is 0 Å². The fourth-order valence-corrected chi connectivity index (χ4v) is 1.40. The van der Waals surface area contributed by atoms with Crippen LogP contribution in [-0.2, 0) is 0 Å².